The second-order valence-corrected chi connectivity index (χ2v) is 10.4. The predicted octanol–water partition coefficient (Wildman–Crippen LogP) is 5.19. The normalized spacial score (nSPS) is 22.5. The summed E-state index contributed by atoms with van der Waals surface area (Å²) in [5.41, 5.74) is 2.02. The largest absolute Gasteiger partial charge is 0.481 e. The molecule has 2 N–H and O–H groups in total. The monoisotopic (exact) mass is 466 g/mol. The van der Waals surface area contributed by atoms with Crippen LogP contribution in [0.4, 0.5) is 11.6 Å². The van der Waals surface area contributed by atoms with E-state index in [2.05, 4.69) is 24.3 Å². The van der Waals surface area contributed by atoms with Crippen LogP contribution >= 0.6 is 11.3 Å². The van der Waals surface area contributed by atoms with Crippen LogP contribution < -0.4 is 10.1 Å². The van der Waals surface area contributed by atoms with Crippen LogP contribution in [0.2, 0.25) is 0 Å². The molecule has 0 saturated heterocycles. The molecule has 7 nitrogen and oxygen atoms in total. The second-order valence-electron chi connectivity index (χ2n) is 9.31. The minimum absolute atomic E-state index is 0.00499. The Kier molecular flexibility index (Phi) is 6.21. The van der Waals surface area contributed by atoms with E-state index in [1.54, 1.807) is 11.3 Å². The van der Waals surface area contributed by atoms with Gasteiger partial charge in [0, 0.05) is 16.6 Å². The molecule has 5 rings (SSSR count). The molecule has 0 radical (unpaired) electrons. The number of hydrogen-bond donors (Lipinski definition) is 2. The third-order valence-corrected chi connectivity index (χ3v) is 8.02. The molecule has 2 aliphatic rings. The number of carboxylic acids is 1. The van der Waals surface area contributed by atoms with Gasteiger partial charge in [0.15, 0.2) is 0 Å². The van der Waals surface area contributed by atoms with E-state index >= 15 is 0 Å². The molecule has 2 aromatic heterocycles. The lowest BCUT2D eigenvalue weighted by molar-refractivity contribution is -0.137. The summed E-state index contributed by atoms with van der Waals surface area (Å²) in [5.74, 6) is 0.344. The first-order valence-electron chi connectivity index (χ1n) is 11.7. The average Bonchev–Trinajstić information content (AvgIpc) is 3.34. The summed E-state index contributed by atoms with van der Waals surface area (Å²) < 4.78 is 6.56. The molecule has 1 unspecified atom stereocenters. The van der Waals surface area contributed by atoms with E-state index in [4.69, 9.17) is 14.7 Å². The van der Waals surface area contributed by atoms with Gasteiger partial charge in [-0.3, -0.25) is 4.79 Å². The van der Waals surface area contributed by atoms with Crippen LogP contribution in [0.3, 0.4) is 0 Å². The first-order valence-corrected chi connectivity index (χ1v) is 12.5. The lowest BCUT2D eigenvalue weighted by atomic mass is 9.92. The number of nitrogens with zero attached hydrogens (tertiary/aromatic N) is 3. The predicted molar refractivity (Wildman–Crippen MR) is 131 cm³/mol. The number of ether oxygens (including phenoxy) is 1. The van der Waals surface area contributed by atoms with Gasteiger partial charge in [-0.25, -0.2) is 4.98 Å². The first kappa shape index (κ1) is 22.1. The minimum atomic E-state index is -0.764. The lowest BCUT2D eigenvalue weighted by Gasteiger charge is -2.32. The van der Waals surface area contributed by atoms with Gasteiger partial charge in [0.2, 0.25) is 11.8 Å². The number of rotatable bonds is 7. The molecule has 8 heteroatoms. The van der Waals surface area contributed by atoms with E-state index in [1.165, 1.54) is 4.88 Å². The third kappa shape index (κ3) is 4.68. The highest BCUT2D eigenvalue weighted by Crippen LogP contribution is 2.48. The highest BCUT2D eigenvalue weighted by atomic mass is 32.1. The van der Waals surface area contributed by atoms with Crippen LogP contribution in [-0.2, 0) is 11.2 Å². The standard InChI is InChI=1S/C25H30N4O3S/c1-29(2)17-9-11-18(12-10-17)32-23-22-21-15(14-20(30)31)8-13-19(21)33-24(22)28-25(27-23)26-16-6-4-3-5-7-16/h3-7,15,17-18H,8-14H2,1-2H3,(H,30,31)(H,26,27,28). The molecule has 1 aromatic carbocycles. The molecule has 174 valence electrons. The Balaban J connectivity index is 1.50. The number of nitrogens with one attached hydrogen (secondary N) is 1. The number of carboxylic acid groups (broad SMARTS) is 1. The fourth-order valence-electron chi connectivity index (χ4n) is 5.15. The number of aromatic nitrogens is 2. The summed E-state index contributed by atoms with van der Waals surface area (Å²) >= 11 is 1.65. The fraction of sp³-hybridized carbons (Fsp3) is 0.480. The number of benzene rings is 1. The maximum Gasteiger partial charge on any atom is 0.303 e. The zero-order chi connectivity index (χ0) is 22.9. The number of aliphatic carboxylic acids is 1. The van der Waals surface area contributed by atoms with Crippen molar-refractivity contribution in [1.82, 2.24) is 14.9 Å². The van der Waals surface area contributed by atoms with Crippen LogP contribution in [0.25, 0.3) is 10.2 Å². The molecule has 0 amide bonds. The second kappa shape index (κ2) is 9.27. The summed E-state index contributed by atoms with van der Waals surface area (Å²) in [6.45, 7) is 0. The number of para-hydroxylation sites is 1. The third-order valence-electron chi connectivity index (χ3n) is 6.86. The van der Waals surface area contributed by atoms with Gasteiger partial charge in [0.05, 0.1) is 11.8 Å². The van der Waals surface area contributed by atoms with E-state index in [0.717, 1.165) is 60.0 Å². The van der Waals surface area contributed by atoms with Crippen molar-refractivity contribution in [2.75, 3.05) is 19.4 Å². The van der Waals surface area contributed by atoms with Crippen molar-refractivity contribution in [2.45, 2.75) is 63.0 Å². The zero-order valence-electron chi connectivity index (χ0n) is 19.1. The van der Waals surface area contributed by atoms with Gasteiger partial charge >= 0.3 is 5.97 Å². The molecule has 3 aromatic rings. The Morgan fingerprint density at radius 1 is 1.15 bits per heavy atom. The molecule has 1 fully saturated rings. The molecule has 2 aliphatic carbocycles. The van der Waals surface area contributed by atoms with Crippen molar-refractivity contribution < 1.29 is 14.6 Å². The van der Waals surface area contributed by atoms with Crippen molar-refractivity contribution in [1.29, 1.82) is 0 Å². The fourth-order valence-corrected chi connectivity index (χ4v) is 6.41. The van der Waals surface area contributed by atoms with Crippen LogP contribution in [-0.4, -0.2) is 52.2 Å². The number of hydrogen-bond acceptors (Lipinski definition) is 7. The zero-order valence-corrected chi connectivity index (χ0v) is 19.9. The summed E-state index contributed by atoms with van der Waals surface area (Å²) in [5, 5.41) is 13.7. The van der Waals surface area contributed by atoms with Crippen molar-refractivity contribution in [3.05, 3.63) is 40.8 Å². The van der Waals surface area contributed by atoms with Gasteiger partial charge < -0.3 is 20.1 Å². The molecule has 0 aliphatic heterocycles. The summed E-state index contributed by atoms with van der Waals surface area (Å²) in [6, 6.07) is 10.5. The lowest BCUT2D eigenvalue weighted by Crippen LogP contribution is -2.35. The molecule has 1 atom stereocenters. The summed E-state index contributed by atoms with van der Waals surface area (Å²) in [6.07, 6.45) is 6.18. The topological polar surface area (TPSA) is 87.6 Å². The van der Waals surface area contributed by atoms with Gasteiger partial charge in [-0.05, 0) is 76.2 Å². The highest BCUT2D eigenvalue weighted by molar-refractivity contribution is 7.19. The molecular formula is C25H30N4O3S. The quantitative estimate of drug-likeness (QED) is 0.495. The summed E-state index contributed by atoms with van der Waals surface area (Å²) in [7, 11) is 4.27. The smallest absolute Gasteiger partial charge is 0.303 e. The van der Waals surface area contributed by atoms with Gasteiger partial charge in [-0.1, -0.05) is 18.2 Å². The van der Waals surface area contributed by atoms with Gasteiger partial charge in [-0.15, -0.1) is 11.3 Å². The van der Waals surface area contributed by atoms with Crippen LogP contribution in [0, 0.1) is 0 Å². The Morgan fingerprint density at radius 3 is 2.61 bits per heavy atom. The van der Waals surface area contributed by atoms with E-state index in [9.17, 15) is 9.90 Å². The Bertz CT molecular complexity index is 1140. The number of aryl methyl sites for hydroxylation is 1. The maximum atomic E-state index is 11.5. The number of carbonyl (C=O) groups is 1. The van der Waals surface area contributed by atoms with Gasteiger partial charge in [0.25, 0.3) is 0 Å². The molecular weight excluding hydrogens is 436 g/mol. The van der Waals surface area contributed by atoms with Crippen LogP contribution in [0.15, 0.2) is 30.3 Å². The van der Waals surface area contributed by atoms with Crippen LogP contribution in [0.5, 0.6) is 5.88 Å². The average molecular weight is 467 g/mol. The molecule has 1 saturated carbocycles. The Labute approximate surface area is 197 Å². The minimum Gasteiger partial charge on any atom is -0.481 e. The molecule has 33 heavy (non-hydrogen) atoms. The number of anilines is 2. The molecule has 0 bridgehead atoms. The molecule has 0 spiro atoms. The van der Waals surface area contributed by atoms with Crippen molar-refractivity contribution in [3.63, 3.8) is 0 Å². The van der Waals surface area contributed by atoms with Gasteiger partial charge in [0.1, 0.15) is 10.9 Å². The highest BCUT2D eigenvalue weighted by Gasteiger charge is 2.33. The number of thiophene rings is 1. The van der Waals surface area contributed by atoms with E-state index in [-0.39, 0.29) is 18.4 Å². The first-order chi connectivity index (χ1) is 16.0. The number of fused-ring (bicyclic) bond motifs is 3. The van der Waals surface area contributed by atoms with Crippen molar-refractivity contribution in [3.8, 4) is 5.88 Å². The Hall–Kier alpha value is -2.71. The Morgan fingerprint density at radius 2 is 1.91 bits per heavy atom. The van der Waals surface area contributed by atoms with Gasteiger partial charge in [-0.2, -0.15) is 4.98 Å². The van der Waals surface area contributed by atoms with Crippen molar-refractivity contribution in [2.24, 2.45) is 0 Å². The van der Waals surface area contributed by atoms with E-state index in [0.29, 0.717) is 17.9 Å². The summed E-state index contributed by atoms with van der Waals surface area (Å²) in [4.78, 5) is 25.5. The van der Waals surface area contributed by atoms with E-state index in [1.807, 2.05) is 30.3 Å². The SMILES string of the molecule is CN(C)C1CCC(Oc2nc(Nc3ccccc3)nc3sc4c(c23)C(CC(=O)O)CC4)CC1. The molecule has 2 heterocycles. The van der Waals surface area contributed by atoms with Crippen molar-refractivity contribution >= 4 is 39.2 Å². The maximum absolute atomic E-state index is 11.5. The van der Waals surface area contributed by atoms with Crippen LogP contribution in [0.1, 0.15) is 54.9 Å². The van der Waals surface area contributed by atoms with E-state index < -0.39 is 5.97 Å².